The van der Waals surface area contributed by atoms with Gasteiger partial charge in [-0.1, -0.05) is 0 Å². The summed E-state index contributed by atoms with van der Waals surface area (Å²) >= 11 is 2.87. The Bertz CT molecular complexity index is 1010. The highest BCUT2D eigenvalue weighted by molar-refractivity contribution is 7.99. The molecule has 2 heterocycles. The Morgan fingerprint density at radius 1 is 1.35 bits per heavy atom. The number of thiophene rings is 1. The minimum atomic E-state index is -0.354. The molecule has 0 saturated heterocycles. The Morgan fingerprint density at radius 2 is 2.04 bits per heavy atom. The van der Waals surface area contributed by atoms with Crippen LogP contribution in [0.5, 0.6) is 0 Å². The highest BCUT2D eigenvalue weighted by Crippen LogP contribution is 2.26. The number of nitrogens with one attached hydrogen (secondary N) is 2. The molecule has 0 aliphatic carbocycles. The van der Waals surface area contributed by atoms with E-state index in [2.05, 4.69) is 15.3 Å². The lowest BCUT2D eigenvalue weighted by Crippen LogP contribution is -2.23. The molecule has 0 saturated carbocycles. The second-order valence-electron chi connectivity index (χ2n) is 5.93. The average Bonchev–Trinajstić information content (AvgIpc) is 2.89. The number of nitrogens with zero attached hydrogens (tertiary/aromatic N) is 1. The number of hydrogen-bond donors (Lipinski definition) is 2. The van der Waals surface area contributed by atoms with Crippen LogP contribution in [0, 0.1) is 19.7 Å². The number of halogens is 1. The lowest BCUT2D eigenvalue weighted by atomic mass is 10.2. The van der Waals surface area contributed by atoms with Crippen molar-refractivity contribution in [2.75, 3.05) is 5.32 Å². The van der Waals surface area contributed by atoms with Crippen LogP contribution in [0.2, 0.25) is 0 Å². The summed E-state index contributed by atoms with van der Waals surface area (Å²) in [5.74, 6) is 0.428. The van der Waals surface area contributed by atoms with E-state index in [1.807, 2.05) is 13.8 Å². The van der Waals surface area contributed by atoms with Gasteiger partial charge in [-0.25, -0.2) is 9.37 Å². The molecule has 3 aromatic rings. The Kier molecular flexibility index (Phi) is 5.43. The molecule has 0 aliphatic rings. The van der Waals surface area contributed by atoms with Crippen LogP contribution in [0.4, 0.5) is 10.1 Å². The van der Waals surface area contributed by atoms with Gasteiger partial charge in [-0.2, -0.15) is 0 Å². The number of aryl methyl sites for hydroxylation is 2. The van der Waals surface area contributed by atoms with Crippen LogP contribution in [0.15, 0.2) is 29.1 Å². The summed E-state index contributed by atoms with van der Waals surface area (Å²) in [6.07, 6.45) is 0. The highest BCUT2D eigenvalue weighted by atomic mass is 32.2. The van der Waals surface area contributed by atoms with Gasteiger partial charge in [-0.15, -0.1) is 23.1 Å². The van der Waals surface area contributed by atoms with Gasteiger partial charge in [0.05, 0.1) is 16.4 Å². The van der Waals surface area contributed by atoms with Crippen molar-refractivity contribution in [3.63, 3.8) is 0 Å². The molecule has 136 valence electrons. The zero-order valence-electron chi connectivity index (χ0n) is 14.6. The smallest absolute Gasteiger partial charge is 0.259 e. The maximum Gasteiger partial charge on any atom is 0.259 e. The van der Waals surface area contributed by atoms with Gasteiger partial charge in [-0.05, 0) is 50.6 Å². The van der Waals surface area contributed by atoms with Crippen molar-refractivity contribution in [1.29, 1.82) is 0 Å². The minimum Gasteiger partial charge on any atom is -0.325 e. The zero-order chi connectivity index (χ0) is 18.8. The first kappa shape index (κ1) is 18.6. The molecule has 0 fully saturated rings. The quantitative estimate of drug-likeness (QED) is 0.689. The van der Waals surface area contributed by atoms with Crippen LogP contribution in [0.25, 0.3) is 10.2 Å². The summed E-state index contributed by atoms with van der Waals surface area (Å²) in [4.78, 5) is 33.6. The Morgan fingerprint density at radius 3 is 2.73 bits per heavy atom. The van der Waals surface area contributed by atoms with E-state index in [0.717, 1.165) is 15.3 Å². The normalized spacial score (nSPS) is 12.3. The Hall–Kier alpha value is -2.19. The number of rotatable bonds is 5. The summed E-state index contributed by atoms with van der Waals surface area (Å²) in [5.41, 5.74) is 1.36. The van der Waals surface area contributed by atoms with Crippen LogP contribution in [-0.2, 0) is 10.5 Å². The molecular formula is C18H18FN3O2S2. The monoisotopic (exact) mass is 391 g/mol. The third kappa shape index (κ3) is 3.96. The number of fused-ring (bicyclic) bond motifs is 1. The van der Waals surface area contributed by atoms with Crippen molar-refractivity contribution < 1.29 is 9.18 Å². The summed E-state index contributed by atoms with van der Waals surface area (Å²) in [5, 5.41) is 3.03. The fourth-order valence-electron chi connectivity index (χ4n) is 2.42. The molecule has 2 aromatic heterocycles. The van der Waals surface area contributed by atoms with Crippen molar-refractivity contribution in [2.24, 2.45) is 0 Å². The number of hydrogen-bond acceptors (Lipinski definition) is 5. The van der Waals surface area contributed by atoms with E-state index < -0.39 is 0 Å². The number of carbonyl (C=O) groups excluding carboxylic acids is 1. The lowest BCUT2D eigenvalue weighted by Gasteiger charge is -2.11. The van der Waals surface area contributed by atoms with E-state index in [9.17, 15) is 14.0 Å². The number of H-pyrrole nitrogens is 1. The fourth-order valence-corrected chi connectivity index (χ4v) is 4.23. The van der Waals surface area contributed by atoms with E-state index in [0.29, 0.717) is 22.7 Å². The molecule has 1 atom stereocenters. The van der Waals surface area contributed by atoms with E-state index >= 15 is 0 Å². The van der Waals surface area contributed by atoms with Crippen molar-refractivity contribution >= 4 is 44.9 Å². The number of aromatic nitrogens is 2. The van der Waals surface area contributed by atoms with E-state index in [4.69, 9.17) is 0 Å². The van der Waals surface area contributed by atoms with Gasteiger partial charge in [-0.3, -0.25) is 9.59 Å². The Balaban J connectivity index is 1.66. The molecule has 3 rings (SSSR count). The number of anilines is 1. The predicted molar refractivity (Wildman–Crippen MR) is 106 cm³/mol. The first-order valence-electron chi connectivity index (χ1n) is 8.02. The van der Waals surface area contributed by atoms with E-state index in [1.54, 1.807) is 6.92 Å². The summed E-state index contributed by atoms with van der Waals surface area (Å²) in [7, 11) is 0. The maximum absolute atomic E-state index is 12.9. The van der Waals surface area contributed by atoms with Crippen LogP contribution >= 0.6 is 23.1 Å². The molecule has 0 spiro atoms. The van der Waals surface area contributed by atoms with Crippen molar-refractivity contribution in [3.05, 3.63) is 56.7 Å². The second kappa shape index (κ2) is 7.59. The second-order valence-corrected chi connectivity index (χ2v) is 8.46. The fraction of sp³-hybridized carbons (Fsp3) is 0.278. The third-order valence-electron chi connectivity index (χ3n) is 4.04. The molecule has 2 N–H and O–H groups in total. The van der Waals surface area contributed by atoms with Gasteiger partial charge in [0.15, 0.2) is 0 Å². The van der Waals surface area contributed by atoms with Gasteiger partial charge in [0, 0.05) is 10.6 Å². The van der Waals surface area contributed by atoms with E-state index in [1.165, 1.54) is 47.4 Å². The van der Waals surface area contributed by atoms with Gasteiger partial charge in [0.2, 0.25) is 5.91 Å². The van der Waals surface area contributed by atoms with Crippen molar-refractivity contribution in [1.82, 2.24) is 9.97 Å². The summed E-state index contributed by atoms with van der Waals surface area (Å²) in [6.45, 7) is 5.67. The maximum atomic E-state index is 12.9. The van der Waals surface area contributed by atoms with Gasteiger partial charge in [0.1, 0.15) is 16.5 Å². The molecule has 0 unspecified atom stereocenters. The molecular weight excluding hydrogens is 373 g/mol. The SMILES string of the molecule is Cc1sc2nc(CS[C@@H](C)C(=O)Nc3ccc(F)cc3)[nH]c(=O)c2c1C. The number of thioether (sulfide) groups is 1. The number of amides is 1. The molecule has 0 radical (unpaired) electrons. The van der Waals surface area contributed by atoms with Crippen LogP contribution < -0.4 is 10.9 Å². The van der Waals surface area contributed by atoms with Crippen molar-refractivity contribution in [3.8, 4) is 0 Å². The molecule has 1 aromatic carbocycles. The third-order valence-corrected chi connectivity index (χ3v) is 6.29. The number of carbonyl (C=O) groups is 1. The first-order valence-corrected chi connectivity index (χ1v) is 9.88. The average molecular weight is 391 g/mol. The van der Waals surface area contributed by atoms with Crippen LogP contribution in [0.1, 0.15) is 23.2 Å². The number of benzene rings is 1. The molecule has 0 aliphatic heterocycles. The number of aromatic amines is 1. The Labute approximate surface area is 158 Å². The minimum absolute atomic E-state index is 0.143. The topological polar surface area (TPSA) is 74.8 Å². The molecule has 8 heteroatoms. The predicted octanol–water partition coefficient (Wildman–Crippen LogP) is 4.00. The molecule has 0 bridgehead atoms. The lowest BCUT2D eigenvalue weighted by molar-refractivity contribution is -0.115. The summed E-state index contributed by atoms with van der Waals surface area (Å²) in [6, 6.07) is 5.61. The molecule has 26 heavy (non-hydrogen) atoms. The van der Waals surface area contributed by atoms with Crippen LogP contribution in [-0.4, -0.2) is 21.1 Å². The van der Waals surface area contributed by atoms with Gasteiger partial charge in [0.25, 0.3) is 5.56 Å². The van der Waals surface area contributed by atoms with E-state index in [-0.39, 0.29) is 22.5 Å². The first-order chi connectivity index (χ1) is 12.3. The highest BCUT2D eigenvalue weighted by Gasteiger charge is 2.16. The zero-order valence-corrected chi connectivity index (χ0v) is 16.2. The molecule has 1 amide bonds. The largest absolute Gasteiger partial charge is 0.325 e. The van der Waals surface area contributed by atoms with Gasteiger partial charge < -0.3 is 10.3 Å². The standard InChI is InChI=1S/C18H18FN3O2S2/c1-9-10(2)26-18-15(9)17(24)21-14(22-18)8-25-11(3)16(23)20-13-6-4-12(19)5-7-13/h4-7,11H,8H2,1-3H3,(H,20,23)(H,21,22,24)/t11-/m0/s1. The summed E-state index contributed by atoms with van der Waals surface area (Å²) < 4.78 is 12.9. The van der Waals surface area contributed by atoms with Crippen LogP contribution in [0.3, 0.4) is 0 Å². The van der Waals surface area contributed by atoms with Gasteiger partial charge >= 0.3 is 0 Å². The van der Waals surface area contributed by atoms with Crippen molar-refractivity contribution in [2.45, 2.75) is 31.8 Å². The molecule has 5 nitrogen and oxygen atoms in total.